The van der Waals surface area contributed by atoms with Crippen LogP contribution in [0.5, 0.6) is 0 Å². The van der Waals surface area contributed by atoms with Crippen LogP contribution in [0.1, 0.15) is 35.4 Å². The second-order valence-electron chi connectivity index (χ2n) is 4.75. The van der Waals surface area contributed by atoms with Gasteiger partial charge in [0, 0.05) is 0 Å². The molecule has 1 saturated carbocycles. The molecule has 2 heteroatoms. The molecule has 0 heterocycles. The van der Waals surface area contributed by atoms with E-state index in [1.165, 1.54) is 6.42 Å². The third-order valence-electron chi connectivity index (χ3n) is 3.32. The first-order chi connectivity index (χ1) is 7.00. The van der Waals surface area contributed by atoms with E-state index in [4.69, 9.17) is 11.6 Å². The van der Waals surface area contributed by atoms with Gasteiger partial charge in [-0.05, 0) is 48.8 Å². The zero-order valence-corrected chi connectivity index (χ0v) is 10.1. The maximum absolute atomic E-state index is 13.4. The Balaban J connectivity index is 2.29. The Morgan fingerprint density at radius 2 is 1.80 bits per heavy atom. The van der Waals surface area contributed by atoms with Crippen LogP contribution in [0.4, 0.5) is 4.39 Å². The van der Waals surface area contributed by atoms with Gasteiger partial charge in [0.2, 0.25) is 0 Å². The molecule has 1 fully saturated rings. The van der Waals surface area contributed by atoms with Crippen molar-refractivity contribution in [3.8, 4) is 0 Å². The summed E-state index contributed by atoms with van der Waals surface area (Å²) in [5.41, 5.74) is 2.47. The average molecular weight is 227 g/mol. The SMILES string of the molecule is Cc1cc(C(Cl)C2CC2C)cc(C)c1F. The fourth-order valence-electron chi connectivity index (χ4n) is 2.14. The van der Waals surface area contributed by atoms with Crippen LogP contribution in [0.15, 0.2) is 12.1 Å². The normalized spacial score (nSPS) is 26.5. The molecular weight excluding hydrogens is 211 g/mol. The van der Waals surface area contributed by atoms with Crippen molar-refractivity contribution >= 4 is 11.6 Å². The summed E-state index contributed by atoms with van der Waals surface area (Å²) in [5.74, 6) is 1.19. The molecule has 0 N–H and O–H groups in total. The molecule has 1 aliphatic rings. The largest absolute Gasteiger partial charge is 0.206 e. The van der Waals surface area contributed by atoms with Gasteiger partial charge in [-0.2, -0.15) is 0 Å². The maximum Gasteiger partial charge on any atom is 0.129 e. The van der Waals surface area contributed by atoms with E-state index in [9.17, 15) is 4.39 Å². The van der Waals surface area contributed by atoms with Crippen molar-refractivity contribution in [1.29, 1.82) is 0 Å². The summed E-state index contributed by atoms with van der Waals surface area (Å²) >= 11 is 6.37. The summed E-state index contributed by atoms with van der Waals surface area (Å²) in [6.07, 6.45) is 1.20. The summed E-state index contributed by atoms with van der Waals surface area (Å²) in [4.78, 5) is 0. The molecular formula is C13H16ClF. The van der Waals surface area contributed by atoms with Crippen LogP contribution in [-0.4, -0.2) is 0 Å². The van der Waals surface area contributed by atoms with Crippen molar-refractivity contribution in [2.24, 2.45) is 11.8 Å². The number of hydrogen-bond donors (Lipinski definition) is 0. The van der Waals surface area contributed by atoms with E-state index in [1.54, 1.807) is 13.8 Å². The Morgan fingerprint density at radius 1 is 1.33 bits per heavy atom. The van der Waals surface area contributed by atoms with Crippen molar-refractivity contribution in [3.05, 3.63) is 34.6 Å². The highest BCUT2D eigenvalue weighted by molar-refractivity contribution is 6.21. The summed E-state index contributed by atoms with van der Waals surface area (Å²) in [7, 11) is 0. The first kappa shape index (κ1) is 10.9. The average Bonchev–Trinajstić information content (AvgIpc) is 2.90. The first-order valence-electron chi connectivity index (χ1n) is 5.41. The molecule has 2 rings (SSSR count). The Bertz CT molecular complexity index is 363. The van der Waals surface area contributed by atoms with Crippen LogP contribution in [0.25, 0.3) is 0 Å². The molecule has 3 unspecified atom stereocenters. The number of alkyl halides is 1. The molecule has 0 saturated heterocycles. The fourth-order valence-corrected chi connectivity index (χ4v) is 2.62. The number of aryl methyl sites for hydroxylation is 2. The van der Waals surface area contributed by atoms with Gasteiger partial charge in [0.15, 0.2) is 0 Å². The predicted molar refractivity (Wildman–Crippen MR) is 61.7 cm³/mol. The third-order valence-corrected chi connectivity index (χ3v) is 3.90. The molecule has 0 aliphatic heterocycles. The van der Waals surface area contributed by atoms with Crippen molar-refractivity contribution in [2.45, 2.75) is 32.6 Å². The maximum atomic E-state index is 13.4. The second kappa shape index (κ2) is 3.79. The van der Waals surface area contributed by atoms with Gasteiger partial charge in [-0.3, -0.25) is 0 Å². The molecule has 1 aromatic rings. The van der Waals surface area contributed by atoms with Gasteiger partial charge in [-0.15, -0.1) is 11.6 Å². The molecule has 3 atom stereocenters. The Morgan fingerprint density at radius 3 is 2.20 bits per heavy atom. The molecule has 0 nitrogen and oxygen atoms in total. The predicted octanol–water partition coefficient (Wildman–Crippen LogP) is 4.38. The van der Waals surface area contributed by atoms with Crippen molar-refractivity contribution in [2.75, 3.05) is 0 Å². The van der Waals surface area contributed by atoms with Gasteiger partial charge >= 0.3 is 0 Å². The van der Waals surface area contributed by atoms with E-state index >= 15 is 0 Å². The summed E-state index contributed by atoms with van der Waals surface area (Å²) < 4.78 is 13.4. The van der Waals surface area contributed by atoms with Crippen LogP contribution in [0.3, 0.4) is 0 Å². The molecule has 1 aromatic carbocycles. The molecule has 0 spiro atoms. The Kier molecular flexibility index (Phi) is 2.76. The van der Waals surface area contributed by atoms with Gasteiger partial charge in [-0.1, -0.05) is 19.1 Å². The van der Waals surface area contributed by atoms with Gasteiger partial charge in [0.05, 0.1) is 5.38 Å². The molecule has 0 bridgehead atoms. The topological polar surface area (TPSA) is 0 Å². The number of rotatable bonds is 2. The monoisotopic (exact) mass is 226 g/mol. The van der Waals surface area contributed by atoms with E-state index in [1.807, 2.05) is 12.1 Å². The lowest BCUT2D eigenvalue weighted by Gasteiger charge is -2.12. The number of benzene rings is 1. The van der Waals surface area contributed by atoms with Gasteiger partial charge in [0.25, 0.3) is 0 Å². The lowest BCUT2D eigenvalue weighted by atomic mass is 10.0. The molecule has 15 heavy (non-hydrogen) atoms. The lowest BCUT2D eigenvalue weighted by Crippen LogP contribution is -1.98. The van der Waals surface area contributed by atoms with Crippen LogP contribution in [-0.2, 0) is 0 Å². The molecule has 82 valence electrons. The highest BCUT2D eigenvalue weighted by Gasteiger charge is 2.39. The van der Waals surface area contributed by atoms with Gasteiger partial charge in [-0.25, -0.2) is 4.39 Å². The van der Waals surface area contributed by atoms with Gasteiger partial charge < -0.3 is 0 Å². The number of halogens is 2. The minimum Gasteiger partial charge on any atom is -0.206 e. The highest BCUT2D eigenvalue weighted by atomic mass is 35.5. The van der Waals surface area contributed by atoms with Crippen LogP contribution >= 0.6 is 11.6 Å². The Hall–Kier alpha value is -0.560. The van der Waals surface area contributed by atoms with Crippen LogP contribution in [0.2, 0.25) is 0 Å². The van der Waals surface area contributed by atoms with E-state index in [-0.39, 0.29) is 11.2 Å². The molecule has 0 amide bonds. The minimum absolute atomic E-state index is 0.0537. The smallest absolute Gasteiger partial charge is 0.129 e. The minimum atomic E-state index is -0.105. The third kappa shape index (κ3) is 2.03. The van der Waals surface area contributed by atoms with Gasteiger partial charge in [0.1, 0.15) is 5.82 Å². The van der Waals surface area contributed by atoms with E-state index in [0.29, 0.717) is 17.0 Å². The summed E-state index contributed by atoms with van der Waals surface area (Å²) in [6, 6.07) is 3.76. The lowest BCUT2D eigenvalue weighted by molar-refractivity contribution is 0.606. The van der Waals surface area contributed by atoms with E-state index < -0.39 is 0 Å². The highest BCUT2D eigenvalue weighted by Crippen LogP contribution is 2.50. The zero-order valence-electron chi connectivity index (χ0n) is 9.35. The fraction of sp³-hybridized carbons (Fsp3) is 0.538. The van der Waals surface area contributed by atoms with E-state index in [0.717, 1.165) is 11.5 Å². The number of hydrogen-bond acceptors (Lipinski definition) is 0. The van der Waals surface area contributed by atoms with Crippen molar-refractivity contribution in [3.63, 3.8) is 0 Å². The molecule has 0 aromatic heterocycles. The Labute approximate surface area is 95.4 Å². The van der Waals surface area contributed by atoms with Crippen LogP contribution < -0.4 is 0 Å². The quantitative estimate of drug-likeness (QED) is 0.657. The van der Waals surface area contributed by atoms with Crippen LogP contribution in [0, 0.1) is 31.5 Å². The second-order valence-corrected chi connectivity index (χ2v) is 5.22. The first-order valence-corrected chi connectivity index (χ1v) is 5.85. The standard InChI is InChI=1S/C13H16ClF/c1-7-6-11(7)12(14)10-4-8(2)13(15)9(3)5-10/h4-5,7,11-12H,6H2,1-3H3. The molecule has 0 radical (unpaired) electrons. The van der Waals surface area contributed by atoms with Crippen molar-refractivity contribution in [1.82, 2.24) is 0 Å². The van der Waals surface area contributed by atoms with E-state index in [2.05, 4.69) is 6.92 Å². The summed E-state index contributed by atoms with van der Waals surface area (Å²) in [5, 5.41) is 0.0537. The van der Waals surface area contributed by atoms with Crippen molar-refractivity contribution < 1.29 is 4.39 Å². The zero-order chi connectivity index (χ0) is 11.2. The molecule has 1 aliphatic carbocycles. The summed E-state index contributed by atoms with van der Waals surface area (Å²) in [6.45, 7) is 5.81.